The molecule has 0 radical (unpaired) electrons. The van der Waals surface area contributed by atoms with Gasteiger partial charge in [-0.15, -0.1) is 0 Å². The average molecular weight is 267 g/mol. The van der Waals surface area contributed by atoms with Gasteiger partial charge in [-0.1, -0.05) is 18.2 Å². The molecule has 3 aromatic rings. The predicted octanol–water partition coefficient (Wildman–Crippen LogP) is 2.78. The third kappa shape index (κ3) is 2.65. The molecule has 2 aromatic heterocycles. The number of rotatable bonds is 4. The Morgan fingerprint density at radius 2 is 1.95 bits per heavy atom. The first kappa shape index (κ1) is 12.7. The number of aliphatic hydroxyl groups excluding tert-OH is 1. The number of benzene rings is 1. The Kier molecular flexibility index (Phi) is 3.39. The molecule has 0 fully saturated rings. The fourth-order valence-corrected chi connectivity index (χ4v) is 2.18. The van der Waals surface area contributed by atoms with Gasteiger partial charge in [-0.3, -0.25) is 0 Å². The molecule has 0 saturated heterocycles. The molecule has 4 nitrogen and oxygen atoms in total. The van der Waals surface area contributed by atoms with Crippen molar-refractivity contribution in [1.82, 2.24) is 14.3 Å². The fraction of sp³-hybridized carbons (Fsp3) is 0.188. The van der Waals surface area contributed by atoms with Crippen molar-refractivity contribution in [2.24, 2.45) is 0 Å². The zero-order valence-electron chi connectivity index (χ0n) is 11.3. The Morgan fingerprint density at radius 3 is 2.65 bits per heavy atom. The van der Waals surface area contributed by atoms with Gasteiger partial charge >= 0.3 is 0 Å². The highest BCUT2D eigenvalue weighted by Gasteiger charge is 2.05. The largest absolute Gasteiger partial charge is 0.389 e. The molecule has 1 N–H and O–H groups in total. The Bertz CT molecular complexity index is 683. The van der Waals surface area contributed by atoms with Crippen molar-refractivity contribution < 1.29 is 5.11 Å². The van der Waals surface area contributed by atoms with E-state index in [2.05, 4.69) is 9.67 Å². The molecule has 3 rings (SSSR count). The van der Waals surface area contributed by atoms with Gasteiger partial charge in [0.15, 0.2) is 0 Å². The van der Waals surface area contributed by atoms with Crippen molar-refractivity contribution in [2.45, 2.75) is 19.6 Å². The minimum absolute atomic E-state index is 0.428. The number of hydrogen-bond acceptors (Lipinski definition) is 2. The third-order valence-corrected chi connectivity index (χ3v) is 3.28. The SMILES string of the molecule is CC(O)c1ccn(Cc2cnn(-c3ccccc3)c2)c1. The highest BCUT2D eigenvalue weighted by atomic mass is 16.3. The van der Waals surface area contributed by atoms with E-state index in [9.17, 15) is 5.11 Å². The number of nitrogens with zero attached hydrogens (tertiary/aromatic N) is 3. The zero-order valence-corrected chi connectivity index (χ0v) is 11.3. The zero-order chi connectivity index (χ0) is 13.9. The van der Waals surface area contributed by atoms with Crippen LogP contribution in [0.4, 0.5) is 0 Å². The van der Waals surface area contributed by atoms with E-state index in [1.807, 2.05) is 65.9 Å². The molecule has 102 valence electrons. The molecule has 1 unspecified atom stereocenters. The Balaban J connectivity index is 1.77. The van der Waals surface area contributed by atoms with E-state index >= 15 is 0 Å². The van der Waals surface area contributed by atoms with Crippen LogP contribution in [-0.2, 0) is 6.54 Å². The summed E-state index contributed by atoms with van der Waals surface area (Å²) in [5.74, 6) is 0. The first-order valence-electron chi connectivity index (χ1n) is 6.65. The van der Waals surface area contributed by atoms with E-state index in [1.165, 1.54) is 0 Å². The van der Waals surface area contributed by atoms with Crippen LogP contribution in [0.25, 0.3) is 5.69 Å². The van der Waals surface area contributed by atoms with Crippen molar-refractivity contribution >= 4 is 0 Å². The van der Waals surface area contributed by atoms with E-state index in [1.54, 1.807) is 6.92 Å². The maximum Gasteiger partial charge on any atom is 0.0776 e. The molecular formula is C16H17N3O. The van der Waals surface area contributed by atoms with Gasteiger partial charge in [0.05, 0.1) is 24.5 Å². The molecule has 0 spiro atoms. The van der Waals surface area contributed by atoms with Crippen molar-refractivity contribution in [3.8, 4) is 5.69 Å². The standard InChI is InChI=1S/C16H17N3O/c1-13(20)15-7-8-18(12-15)10-14-9-17-19(11-14)16-5-3-2-4-6-16/h2-9,11-13,20H,10H2,1H3. The third-order valence-electron chi connectivity index (χ3n) is 3.28. The predicted molar refractivity (Wildman–Crippen MR) is 77.7 cm³/mol. The summed E-state index contributed by atoms with van der Waals surface area (Å²) in [5, 5.41) is 13.9. The number of aromatic nitrogens is 3. The second kappa shape index (κ2) is 5.35. The van der Waals surface area contributed by atoms with Crippen LogP contribution >= 0.6 is 0 Å². The van der Waals surface area contributed by atoms with Crippen LogP contribution in [0, 0.1) is 0 Å². The van der Waals surface area contributed by atoms with Crippen molar-refractivity contribution in [3.05, 3.63) is 72.3 Å². The van der Waals surface area contributed by atoms with Gasteiger partial charge in [-0.2, -0.15) is 5.10 Å². The van der Waals surface area contributed by atoms with Crippen LogP contribution in [0.15, 0.2) is 61.2 Å². The summed E-state index contributed by atoms with van der Waals surface area (Å²) >= 11 is 0. The molecule has 0 saturated carbocycles. The minimum Gasteiger partial charge on any atom is -0.389 e. The Morgan fingerprint density at radius 1 is 1.15 bits per heavy atom. The molecule has 0 aliphatic heterocycles. The maximum atomic E-state index is 9.53. The highest BCUT2D eigenvalue weighted by Crippen LogP contribution is 2.14. The lowest BCUT2D eigenvalue weighted by Gasteiger charge is -2.01. The lowest BCUT2D eigenvalue weighted by atomic mass is 10.2. The second-order valence-electron chi connectivity index (χ2n) is 4.92. The molecule has 0 amide bonds. The van der Waals surface area contributed by atoms with Gasteiger partial charge in [0, 0.05) is 24.2 Å². The lowest BCUT2D eigenvalue weighted by Crippen LogP contribution is -1.96. The van der Waals surface area contributed by atoms with Gasteiger partial charge in [-0.25, -0.2) is 4.68 Å². The lowest BCUT2D eigenvalue weighted by molar-refractivity contribution is 0.199. The molecule has 20 heavy (non-hydrogen) atoms. The summed E-state index contributed by atoms with van der Waals surface area (Å²) in [6.45, 7) is 2.52. The van der Waals surface area contributed by atoms with Crippen LogP contribution in [0.2, 0.25) is 0 Å². The molecule has 4 heteroatoms. The van der Waals surface area contributed by atoms with Crippen molar-refractivity contribution in [3.63, 3.8) is 0 Å². The number of hydrogen-bond donors (Lipinski definition) is 1. The Labute approximate surface area is 117 Å². The van der Waals surface area contributed by atoms with Crippen LogP contribution in [0.3, 0.4) is 0 Å². The molecule has 0 aliphatic rings. The van der Waals surface area contributed by atoms with Crippen molar-refractivity contribution in [2.75, 3.05) is 0 Å². The van der Waals surface area contributed by atoms with Crippen LogP contribution in [-0.4, -0.2) is 19.5 Å². The van der Waals surface area contributed by atoms with Crippen LogP contribution in [0.5, 0.6) is 0 Å². The van der Waals surface area contributed by atoms with Gasteiger partial charge in [-0.05, 0) is 30.7 Å². The molecule has 1 atom stereocenters. The molecular weight excluding hydrogens is 250 g/mol. The summed E-state index contributed by atoms with van der Waals surface area (Å²) in [4.78, 5) is 0. The summed E-state index contributed by atoms with van der Waals surface area (Å²) in [5.41, 5.74) is 3.11. The van der Waals surface area contributed by atoms with E-state index in [0.717, 1.165) is 23.4 Å². The number of para-hydroxylation sites is 1. The Hall–Kier alpha value is -2.33. The summed E-state index contributed by atoms with van der Waals surface area (Å²) in [6, 6.07) is 12.0. The first-order valence-corrected chi connectivity index (χ1v) is 6.65. The van der Waals surface area contributed by atoms with Crippen LogP contribution < -0.4 is 0 Å². The fourth-order valence-electron chi connectivity index (χ4n) is 2.18. The van der Waals surface area contributed by atoms with E-state index in [-0.39, 0.29) is 0 Å². The van der Waals surface area contributed by atoms with Gasteiger partial charge in [0.2, 0.25) is 0 Å². The molecule has 0 aliphatic carbocycles. The monoisotopic (exact) mass is 267 g/mol. The molecule has 2 heterocycles. The average Bonchev–Trinajstić information content (AvgIpc) is 3.10. The maximum absolute atomic E-state index is 9.53. The van der Waals surface area contributed by atoms with E-state index < -0.39 is 6.10 Å². The van der Waals surface area contributed by atoms with Crippen LogP contribution in [0.1, 0.15) is 24.2 Å². The topological polar surface area (TPSA) is 43.0 Å². The summed E-state index contributed by atoms with van der Waals surface area (Å²) < 4.78 is 3.92. The minimum atomic E-state index is -0.428. The van der Waals surface area contributed by atoms with E-state index in [0.29, 0.717) is 0 Å². The molecule has 1 aromatic carbocycles. The summed E-state index contributed by atoms with van der Waals surface area (Å²) in [6.07, 6.45) is 7.40. The second-order valence-corrected chi connectivity index (χ2v) is 4.92. The van der Waals surface area contributed by atoms with Crippen molar-refractivity contribution in [1.29, 1.82) is 0 Å². The van der Waals surface area contributed by atoms with Gasteiger partial charge in [0.1, 0.15) is 0 Å². The highest BCUT2D eigenvalue weighted by molar-refractivity contribution is 5.31. The smallest absolute Gasteiger partial charge is 0.0776 e. The number of aliphatic hydroxyl groups is 1. The first-order chi connectivity index (χ1) is 9.72. The van der Waals surface area contributed by atoms with E-state index in [4.69, 9.17) is 0 Å². The quantitative estimate of drug-likeness (QED) is 0.790. The summed E-state index contributed by atoms with van der Waals surface area (Å²) in [7, 11) is 0. The molecule has 0 bridgehead atoms. The van der Waals surface area contributed by atoms with Gasteiger partial charge < -0.3 is 9.67 Å². The van der Waals surface area contributed by atoms with Gasteiger partial charge in [0.25, 0.3) is 0 Å². The normalized spacial score (nSPS) is 12.5.